The number of nitrogens with zero attached hydrogens (tertiary/aromatic N) is 8. The van der Waals surface area contributed by atoms with Crippen LogP contribution in [0.1, 0.15) is 86.8 Å². The van der Waals surface area contributed by atoms with Gasteiger partial charge in [-0.15, -0.1) is 11.6 Å². The molecule has 2 unspecified atom stereocenters. The van der Waals surface area contributed by atoms with E-state index < -0.39 is 29.6 Å². The smallest absolute Gasteiger partial charge is 0.461 e. The first-order chi connectivity index (χ1) is 28.8. The van der Waals surface area contributed by atoms with Gasteiger partial charge in [0.25, 0.3) is 11.8 Å². The molecular weight excluding hydrogens is 829 g/mol. The lowest BCUT2D eigenvalue weighted by Crippen LogP contribution is -2.35. The number of para-hydroxylation sites is 2. The molecule has 0 saturated carbocycles. The van der Waals surface area contributed by atoms with Crippen molar-refractivity contribution in [1.29, 1.82) is 0 Å². The molecule has 1 fully saturated rings. The van der Waals surface area contributed by atoms with Crippen molar-refractivity contribution in [3.63, 3.8) is 0 Å². The number of aromatic nitrogens is 5. The highest BCUT2D eigenvalue weighted by molar-refractivity contribution is 6.33. The number of benzene rings is 2. The van der Waals surface area contributed by atoms with Crippen molar-refractivity contribution in [1.82, 2.24) is 39.5 Å². The molecule has 0 spiro atoms. The zero-order chi connectivity index (χ0) is 42.0. The molecule has 5 aromatic rings. The van der Waals surface area contributed by atoms with E-state index in [4.69, 9.17) is 48.1 Å². The van der Waals surface area contributed by atoms with E-state index >= 15 is 0 Å². The number of amides is 2. The molecule has 7 heterocycles. The van der Waals surface area contributed by atoms with Crippen LogP contribution in [0.5, 0.6) is 11.5 Å². The molecular formula is C41H39Cl2F4N9O4. The summed E-state index contributed by atoms with van der Waals surface area (Å²) in [5, 5.41) is 12.9. The number of nitrogens with one attached hydrogen (secondary N) is 1. The third kappa shape index (κ3) is 7.13. The molecule has 314 valence electrons. The highest BCUT2D eigenvalue weighted by Gasteiger charge is 2.45. The third-order valence-electron chi connectivity index (χ3n) is 11.5. The van der Waals surface area contributed by atoms with E-state index in [1.165, 1.54) is 23.1 Å². The van der Waals surface area contributed by atoms with Crippen LogP contribution in [0.15, 0.2) is 53.5 Å². The van der Waals surface area contributed by atoms with Gasteiger partial charge in [-0.3, -0.25) is 9.59 Å². The van der Waals surface area contributed by atoms with Crippen molar-refractivity contribution >= 4 is 52.2 Å². The molecule has 4 aliphatic rings. The second-order valence-corrected chi connectivity index (χ2v) is 16.3. The van der Waals surface area contributed by atoms with Crippen molar-refractivity contribution in [3.05, 3.63) is 98.6 Å². The van der Waals surface area contributed by atoms with Crippen LogP contribution in [0.25, 0.3) is 5.65 Å². The third-order valence-corrected chi connectivity index (χ3v) is 12.6. The molecule has 0 bridgehead atoms. The standard InChI is InChI=1S/C41H39Cl2F4N9O4/c1-21-34(42)31(56-36(49-21)26-17-54(20-30(26)52-56)39(58)25-8-4-6-10-33(25)60-41(46,47)40(44)45)12-11-28-35(43)22(2)55-37(50-28)27-18-53(19-29(27)51-55)38(57)24-7-3-5-9-32(24)59-23-13-15-48-16-14-23/h3-10,22-23,35,40,48H,11-20H2,1-2H3. The van der Waals surface area contributed by atoms with Crippen molar-refractivity contribution in [3.8, 4) is 11.5 Å². The van der Waals surface area contributed by atoms with Gasteiger partial charge in [-0.2, -0.15) is 27.8 Å². The number of carbonyl (C=O) groups is 2. The second kappa shape index (κ2) is 15.6. The average Bonchev–Trinajstić information content (AvgIpc) is 4.01. The summed E-state index contributed by atoms with van der Waals surface area (Å²) >= 11 is 13.9. The zero-order valence-electron chi connectivity index (χ0n) is 32.5. The molecule has 3 aromatic heterocycles. The van der Waals surface area contributed by atoms with Gasteiger partial charge in [-0.25, -0.2) is 19.2 Å². The Morgan fingerprint density at radius 1 is 0.900 bits per heavy atom. The first-order valence-corrected chi connectivity index (χ1v) is 20.5. The molecule has 1 saturated heterocycles. The lowest BCUT2D eigenvalue weighted by atomic mass is 10.0. The SMILES string of the molecule is Cc1nc2c3c(nn2c(CCC2=Nc4c5c(nn4C(C)C2Cl)CN(C(=O)c2ccccc2OC2CCNCC2)C5)c1Cl)CN(C(=O)c1ccccc1OC(F)(F)C(F)F)C3. The van der Waals surface area contributed by atoms with Gasteiger partial charge < -0.3 is 24.6 Å². The molecule has 0 aliphatic carbocycles. The van der Waals surface area contributed by atoms with Crippen molar-refractivity contribution < 1.29 is 36.6 Å². The van der Waals surface area contributed by atoms with E-state index in [1.54, 1.807) is 22.4 Å². The maximum Gasteiger partial charge on any atom is 0.461 e. The number of aryl methyl sites for hydroxylation is 2. The summed E-state index contributed by atoms with van der Waals surface area (Å²) in [5.74, 6) is -0.260. The highest BCUT2D eigenvalue weighted by atomic mass is 35.5. The number of carbonyl (C=O) groups excluding carboxylic acids is 2. The molecule has 2 amide bonds. The summed E-state index contributed by atoms with van der Waals surface area (Å²) in [6, 6.07) is 12.2. The molecule has 60 heavy (non-hydrogen) atoms. The molecule has 9 rings (SSSR count). The number of alkyl halides is 5. The van der Waals surface area contributed by atoms with E-state index in [2.05, 4.69) is 10.1 Å². The fraction of sp³-hybridized carbons (Fsp3) is 0.415. The predicted octanol–water partition coefficient (Wildman–Crippen LogP) is 7.45. The highest BCUT2D eigenvalue weighted by Crippen LogP contribution is 2.41. The van der Waals surface area contributed by atoms with E-state index in [-0.39, 0.29) is 36.7 Å². The van der Waals surface area contributed by atoms with Gasteiger partial charge in [-0.05, 0) is 76.9 Å². The van der Waals surface area contributed by atoms with Crippen LogP contribution in [0.4, 0.5) is 23.4 Å². The summed E-state index contributed by atoms with van der Waals surface area (Å²) < 4.78 is 67.6. The van der Waals surface area contributed by atoms with Crippen molar-refractivity contribution in [2.75, 3.05) is 13.1 Å². The second-order valence-electron chi connectivity index (χ2n) is 15.4. The maximum absolute atomic E-state index is 13.9. The Kier molecular flexibility index (Phi) is 10.5. The Balaban J connectivity index is 0.928. The summed E-state index contributed by atoms with van der Waals surface area (Å²) in [6.45, 7) is 6.18. The molecule has 0 radical (unpaired) electrons. The minimum Gasteiger partial charge on any atom is -0.489 e. The summed E-state index contributed by atoms with van der Waals surface area (Å²) in [4.78, 5) is 40.4. The fourth-order valence-electron chi connectivity index (χ4n) is 8.29. The predicted molar refractivity (Wildman–Crippen MR) is 213 cm³/mol. The van der Waals surface area contributed by atoms with E-state index in [1.807, 2.05) is 29.8 Å². The molecule has 2 aromatic carbocycles. The van der Waals surface area contributed by atoms with E-state index in [0.29, 0.717) is 76.4 Å². The van der Waals surface area contributed by atoms with Gasteiger partial charge in [0.2, 0.25) is 0 Å². The van der Waals surface area contributed by atoms with Gasteiger partial charge in [0, 0.05) is 16.8 Å². The van der Waals surface area contributed by atoms with Crippen LogP contribution in [0.3, 0.4) is 0 Å². The van der Waals surface area contributed by atoms with Crippen molar-refractivity contribution in [2.24, 2.45) is 4.99 Å². The number of hydrogen-bond donors (Lipinski definition) is 1. The van der Waals surface area contributed by atoms with Crippen LogP contribution < -0.4 is 14.8 Å². The monoisotopic (exact) mass is 867 g/mol. The minimum atomic E-state index is -4.79. The Morgan fingerprint density at radius 3 is 2.20 bits per heavy atom. The Hall–Kier alpha value is -5.26. The maximum atomic E-state index is 13.9. The quantitative estimate of drug-likeness (QED) is 0.113. The van der Waals surface area contributed by atoms with Gasteiger partial charge in [0.15, 0.2) is 11.5 Å². The van der Waals surface area contributed by atoms with Gasteiger partial charge >= 0.3 is 12.5 Å². The topological polar surface area (TPSA) is 131 Å². The van der Waals surface area contributed by atoms with Crippen LogP contribution >= 0.6 is 23.2 Å². The number of ether oxygens (including phenoxy) is 2. The van der Waals surface area contributed by atoms with Crippen molar-refractivity contribution in [2.45, 2.75) is 95.8 Å². The normalized spacial score (nSPS) is 19.1. The van der Waals surface area contributed by atoms with Crippen LogP contribution in [-0.4, -0.2) is 88.8 Å². The number of hydrogen-bond acceptors (Lipinski definition) is 9. The van der Waals surface area contributed by atoms with E-state index in [9.17, 15) is 27.2 Å². The molecule has 19 heteroatoms. The minimum absolute atomic E-state index is 0.00659. The first-order valence-electron chi connectivity index (χ1n) is 19.6. The van der Waals surface area contributed by atoms with Gasteiger partial charge in [-0.1, -0.05) is 35.9 Å². The first kappa shape index (κ1) is 40.2. The van der Waals surface area contributed by atoms with Crippen LogP contribution in [0.2, 0.25) is 5.02 Å². The Bertz CT molecular complexity index is 2560. The largest absolute Gasteiger partial charge is 0.489 e. The number of halogens is 6. The Morgan fingerprint density at radius 2 is 1.52 bits per heavy atom. The summed E-state index contributed by atoms with van der Waals surface area (Å²) in [6.07, 6.45) is -6.29. The lowest BCUT2D eigenvalue weighted by molar-refractivity contribution is -0.253. The van der Waals surface area contributed by atoms with Gasteiger partial charge in [0.05, 0.1) is 76.5 Å². The summed E-state index contributed by atoms with van der Waals surface area (Å²) in [7, 11) is 0. The molecule has 1 N–H and O–H groups in total. The molecule has 4 aliphatic heterocycles. The van der Waals surface area contributed by atoms with E-state index in [0.717, 1.165) is 49.0 Å². The lowest BCUT2D eigenvalue weighted by Gasteiger charge is -2.27. The molecule has 13 nitrogen and oxygen atoms in total. The fourth-order valence-corrected chi connectivity index (χ4v) is 8.77. The number of piperidine rings is 1. The van der Waals surface area contributed by atoms with Crippen LogP contribution in [-0.2, 0) is 32.6 Å². The van der Waals surface area contributed by atoms with Crippen LogP contribution in [0, 0.1) is 6.92 Å². The number of rotatable bonds is 10. The Labute approximate surface area is 351 Å². The average molecular weight is 869 g/mol. The number of fused-ring (bicyclic) bond motifs is 6. The zero-order valence-corrected chi connectivity index (χ0v) is 34.0. The molecule has 2 atom stereocenters. The summed E-state index contributed by atoms with van der Waals surface area (Å²) in [5.41, 5.74) is 5.39. The van der Waals surface area contributed by atoms with Gasteiger partial charge in [0.1, 0.15) is 17.6 Å². The number of aliphatic imine (C=N–C) groups is 1.